The van der Waals surface area contributed by atoms with Gasteiger partial charge in [-0.1, -0.05) is 17.8 Å². The number of hydrogen-bond donors (Lipinski definition) is 1. The zero-order valence-electron chi connectivity index (χ0n) is 11.3. The molecule has 0 unspecified atom stereocenters. The highest BCUT2D eigenvalue weighted by Crippen LogP contribution is 2.35. The van der Waals surface area contributed by atoms with E-state index in [4.69, 9.17) is 10.00 Å². The molecule has 3 rings (SSSR count). The van der Waals surface area contributed by atoms with Gasteiger partial charge in [0.15, 0.2) is 5.16 Å². The number of nitrogens with zero attached hydrogens (tertiary/aromatic N) is 3. The first kappa shape index (κ1) is 13.8. The Morgan fingerprint density at radius 1 is 1.52 bits per heavy atom. The van der Waals surface area contributed by atoms with Crippen molar-refractivity contribution >= 4 is 11.8 Å². The molecule has 21 heavy (non-hydrogen) atoms. The fourth-order valence-electron chi connectivity index (χ4n) is 1.99. The Hall–Kier alpha value is -2.20. The Morgan fingerprint density at radius 3 is 3.14 bits per heavy atom. The van der Waals surface area contributed by atoms with Crippen LogP contribution >= 0.6 is 11.8 Å². The van der Waals surface area contributed by atoms with Crippen LogP contribution < -0.4 is 10.4 Å². The Labute approximate surface area is 125 Å². The number of ether oxygens (including phenoxy) is 1. The molecule has 1 heterocycles. The zero-order chi connectivity index (χ0) is 14.7. The minimum Gasteiger partial charge on any atom is -0.493 e. The highest BCUT2D eigenvalue weighted by molar-refractivity contribution is 7.99. The van der Waals surface area contributed by atoms with Gasteiger partial charge < -0.3 is 4.74 Å². The monoisotopic (exact) mass is 302 g/mol. The molecule has 2 aromatic rings. The minimum absolute atomic E-state index is 0.136. The van der Waals surface area contributed by atoms with E-state index in [1.54, 1.807) is 22.8 Å². The summed E-state index contributed by atoms with van der Waals surface area (Å²) in [6.07, 6.45) is 2.09. The molecule has 0 aliphatic heterocycles. The van der Waals surface area contributed by atoms with Crippen LogP contribution in [0.25, 0.3) is 0 Å². The lowest BCUT2D eigenvalue weighted by molar-refractivity contribution is 0.343. The van der Waals surface area contributed by atoms with Crippen LogP contribution in [0, 0.1) is 11.3 Å². The maximum Gasteiger partial charge on any atom is 0.344 e. The van der Waals surface area contributed by atoms with Gasteiger partial charge in [-0.25, -0.2) is 9.89 Å². The van der Waals surface area contributed by atoms with E-state index in [2.05, 4.69) is 16.3 Å². The molecule has 6 nitrogen and oxygen atoms in total. The Kier molecular flexibility index (Phi) is 3.97. The number of aromatic amines is 1. The highest BCUT2D eigenvalue weighted by atomic mass is 32.2. The summed E-state index contributed by atoms with van der Waals surface area (Å²) in [6, 6.07) is 9.44. The van der Waals surface area contributed by atoms with Gasteiger partial charge in [-0.05, 0) is 31.0 Å². The quantitative estimate of drug-likeness (QED) is 0.651. The second kappa shape index (κ2) is 6.06. The van der Waals surface area contributed by atoms with Gasteiger partial charge in [-0.2, -0.15) is 5.26 Å². The summed E-state index contributed by atoms with van der Waals surface area (Å²) in [5.74, 6) is 1.37. The van der Waals surface area contributed by atoms with Crippen LogP contribution in [0.4, 0.5) is 0 Å². The maximum absolute atomic E-state index is 11.6. The number of aromatic nitrogens is 3. The van der Waals surface area contributed by atoms with Crippen molar-refractivity contribution in [3.8, 4) is 11.8 Å². The first-order chi connectivity index (χ1) is 10.3. The molecule has 1 fully saturated rings. The molecule has 0 spiro atoms. The van der Waals surface area contributed by atoms with E-state index in [9.17, 15) is 4.79 Å². The van der Waals surface area contributed by atoms with Crippen molar-refractivity contribution in [2.75, 3.05) is 12.4 Å². The largest absolute Gasteiger partial charge is 0.493 e. The lowest BCUT2D eigenvalue weighted by Crippen LogP contribution is -2.16. The molecule has 1 aliphatic rings. The van der Waals surface area contributed by atoms with Crippen LogP contribution in [0.2, 0.25) is 0 Å². The highest BCUT2D eigenvalue weighted by Gasteiger charge is 2.28. The van der Waals surface area contributed by atoms with Crippen LogP contribution in [-0.4, -0.2) is 27.1 Å². The maximum atomic E-state index is 11.6. The van der Waals surface area contributed by atoms with E-state index in [0.29, 0.717) is 29.7 Å². The molecule has 0 atom stereocenters. The van der Waals surface area contributed by atoms with Crippen LogP contribution in [-0.2, 0) is 0 Å². The van der Waals surface area contributed by atoms with Crippen molar-refractivity contribution in [3.63, 3.8) is 0 Å². The third-order valence-electron chi connectivity index (χ3n) is 3.13. The Morgan fingerprint density at radius 2 is 2.38 bits per heavy atom. The fourth-order valence-corrected chi connectivity index (χ4v) is 2.83. The SMILES string of the molecule is N#Cc1cccc(OCCSc2n[nH]c(=O)n2C2CC2)c1. The average Bonchev–Trinajstić information content (AvgIpc) is 3.28. The fraction of sp³-hybridized carbons (Fsp3) is 0.357. The number of H-pyrrole nitrogens is 1. The van der Waals surface area contributed by atoms with Gasteiger partial charge in [0, 0.05) is 11.8 Å². The van der Waals surface area contributed by atoms with Crippen molar-refractivity contribution in [2.24, 2.45) is 0 Å². The first-order valence-corrected chi connectivity index (χ1v) is 7.69. The van der Waals surface area contributed by atoms with E-state index in [0.717, 1.165) is 18.0 Å². The third-order valence-corrected chi connectivity index (χ3v) is 4.05. The summed E-state index contributed by atoms with van der Waals surface area (Å²) < 4.78 is 7.32. The molecular weight excluding hydrogens is 288 g/mol. The van der Waals surface area contributed by atoms with Crippen LogP contribution in [0.1, 0.15) is 24.4 Å². The second-order valence-corrected chi connectivity index (χ2v) is 5.81. The predicted molar refractivity (Wildman–Crippen MR) is 78.5 cm³/mol. The van der Waals surface area contributed by atoms with Crippen LogP contribution in [0.3, 0.4) is 0 Å². The topological polar surface area (TPSA) is 83.7 Å². The van der Waals surface area contributed by atoms with Gasteiger partial charge in [0.2, 0.25) is 0 Å². The second-order valence-electron chi connectivity index (χ2n) is 4.75. The minimum atomic E-state index is -0.136. The summed E-state index contributed by atoms with van der Waals surface area (Å²) >= 11 is 1.50. The number of nitrogens with one attached hydrogen (secondary N) is 1. The van der Waals surface area contributed by atoms with Crippen molar-refractivity contribution in [3.05, 3.63) is 40.3 Å². The molecule has 0 saturated heterocycles. The lowest BCUT2D eigenvalue weighted by atomic mass is 10.2. The molecule has 1 aliphatic carbocycles. The third kappa shape index (κ3) is 3.28. The number of hydrogen-bond acceptors (Lipinski definition) is 5. The van der Waals surface area contributed by atoms with Gasteiger partial charge in [-0.3, -0.25) is 4.57 Å². The lowest BCUT2D eigenvalue weighted by Gasteiger charge is -2.06. The van der Waals surface area contributed by atoms with E-state index in [-0.39, 0.29) is 5.69 Å². The van der Waals surface area contributed by atoms with Gasteiger partial charge in [0.25, 0.3) is 0 Å². The standard InChI is InChI=1S/C14H14N4O2S/c15-9-10-2-1-3-12(8-10)20-6-7-21-14-17-16-13(19)18(14)11-4-5-11/h1-3,8,11H,4-7H2,(H,16,19). The normalized spacial score (nSPS) is 13.9. The van der Waals surface area contributed by atoms with E-state index < -0.39 is 0 Å². The Balaban J connectivity index is 1.52. The smallest absolute Gasteiger partial charge is 0.344 e. The summed E-state index contributed by atoms with van der Waals surface area (Å²) in [5, 5.41) is 16.1. The van der Waals surface area contributed by atoms with Gasteiger partial charge in [0.1, 0.15) is 5.75 Å². The van der Waals surface area contributed by atoms with E-state index in [1.807, 2.05) is 6.07 Å². The summed E-state index contributed by atoms with van der Waals surface area (Å²) in [4.78, 5) is 11.6. The molecule has 0 radical (unpaired) electrons. The summed E-state index contributed by atoms with van der Waals surface area (Å²) in [7, 11) is 0. The van der Waals surface area contributed by atoms with E-state index in [1.165, 1.54) is 11.8 Å². The van der Waals surface area contributed by atoms with Gasteiger partial charge in [0.05, 0.1) is 18.2 Å². The average molecular weight is 302 g/mol. The van der Waals surface area contributed by atoms with E-state index >= 15 is 0 Å². The molecule has 1 aromatic heterocycles. The number of rotatable bonds is 6. The van der Waals surface area contributed by atoms with Crippen molar-refractivity contribution in [1.29, 1.82) is 5.26 Å². The van der Waals surface area contributed by atoms with Crippen molar-refractivity contribution in [2.45, 2.75) is 24.0 Å². The number of thioether (sulfide) groups is 1. The van der Waals surface area contributed by atoms with Crippen LogP contribution in [0.5, 0.6) is 5.75 Å². The molecule has 1 N–H and O–H groups in total. The molecular formula is C14H14N4O2S. The molecule has 1 saturated carbocycles. The predicted octanol–water partition coefficient (Wildman–Crippen LogP) is 1.95. The van der Waals surface area contributed by atoms with Gasteiger partial charge >= 0.3 is 5.69 Å². The van der Waals surface area contributed by atoms with Crippen molar-refractivity contribution < 1.29 is 4.74 Å². The molecule has 7 heteroatoms. The van der Waals surface area contributed by atoms with Crippen LogP contribution in [0.15, 0.2) is 34.2 Å². The van der Waals surface area contributed by atoms with Gasteiger partial charge in [-0.15, -0.1) is 5.10 Å². The molecule has 1 aromatic carbocycles. The molecule has 0 amide bonds. The summed E-state index contributed by atoms with van der Waals surface area (Å²) in [5.41, 5.74) is 0.442. The Bertz CT molecular complexity index is 727. The summed E-state index contributed by atoms with van der Waals surface area (Å²) in [6.45, 7) is 0.491. The molecule has 108 valence electrons. The zero-order valence-corrected chi connectivity index (χ0v) is 12.1. The number of benzene rings is 1. The first-order valence-electron chi connectivity index (χ1n) is 6.70. The number of nitriles is 1. The molecule has 0 bridgehead atoms. The van der Waals surface area contributed by atoms with Crippen molar-refractivity contribution in [1.82, 2.24) is 14.8 Å².